The molecule has 1 saturated heterocycles. The van der Waals surface area contributed by atoms with E-state index in [2.05, 4.69) is 17.2 Å². The fourth-order valence-electron chi connectivity index (χ4n) is 2.23. The van der Waals surface area contributed by atoms with Crippen molar-refractivity contribution in [1.82, 2.24) is 14.9 Å². The first-order chi connectivity index (χ1) is 11.9. The van der Waals surface area contributed by atoms with Crippen LogP contribution in [0.25, 0.3) is 0 Å². The number of morpholine rings is 1. The molecule has 0 bridgehead atoms. The average Bonchev–Trinajstić information content (AvgIpc) is 2.65. The Bertz CT molecular complexity index is 725. The maximum Gasteiger partial charge on any atom is 0.251 e. The van der Waals surface area contributed by atoms with Gasteiger partial charge in [0.25, 0.3) is 5.91 Å². The van der Waals surface area contributed by atoms with Gasteiger partial charge in [-0.3, -0.25) is 9.59 Å². The molecule has 0 aliphatic carbocycles. The summed E-state index contributed by atoms with van der Waals surface area (Å²) in [6.07, 6.45) is 1.54. The summed E-state index contributed by atoms with van der Waals surface area (Å²) in [6, 6.07) is 5.61. The van der Waals surface area contributed by atoms with E-state index in [0.717, 1.165) is 0 Å². The molecule has 0 aromatic heterocycles. The predicted molar refractivity (Wildman–Crippen MR) is 91.6 cm³/mol. The van der Waals surface area contributed by atoms with E-state index < -0.39 is 15.9 Å². The molecule has 0 saturated carbocycles. The maximum absolute atomic E-state index is 12.5. The molecule has 8 nitrogen and oxygen atoms in total. The SMILES string of the molecule is C=CCNC(=O)CNC(=O)c1ccc(S(=O)(=O)N2CCOCC2)cc1. The van der Waals surface area contributed by atoms with E-state index in [9.17, 15) is 18.0 Å². The van der Waals surface area contributed by atoms with Crippen molar-refractivity contribution in [3.8, 4) is 0 Å². The lowest BCUT2D eigenvalue weighted by Gasteiger charge is -2.26. The summed E-state index contributed by atoms with van der Waals surface area (Å²) in [6.45, 7) is 4.99. The van der Waals surface area contributed by atoms with Gasteiger partial charge in [0.2, 0.25) is 15.9 Å². The van der Waals surface area contributed by atoms with Crippen molar-refractivity contribution >= 4 is 21.8 Å². The van der Waals surface area contributed by atoms with Crippen LogP contribution < -0.4 is 10.6 Å². The molecule has 0 unspecified atom stereocenters. The monoisotopic (exact) mass is 367 g/mol. The zero-order valence-electron chi connectivity index (χ0n) is 13.7. The van der Waals surface area contributed by atoms with Crippen molar-refractivity contribution in [2.45, 2.75) is 4.90 Å². The highest BCUT2D eigenvalue weighted by Crippen LogP contribution is 2.17. The summed E-state index contributed by atoms with van der Waals surface area (Å²) in [4.78, 5) is 23.5. The topological polar surface area (TPSA) is 105 Å². The third-order valence-corrected chi connectivity index (χ3v) is 5.49. The predicted octanol–water partition coefficient (Wildman–Crippen LogP) is -0.260. The van der Waals surface area contributed by atoms with Crippen LogP contribution in [0.15, 0.2) is 41.8 Å². The fourth-order valence-corrected chi connectivity index (χ4v) is 3.63. The summed E-state index contributed by atoms with van der Waals surface area (Å²) < 4.78 is 31.5. The van der Waals surface area contributed by atoms with E-state index in [-0.39, 0.29) is 22.9 Å². The normalized spacial score (nSPS) is 15.4. The van der Waals surface area contributed by atoms with Gasteiger partial charge in [0.05, 0.1) is 24.7 Å². The quantitative estimate of drug-likeness (QED) is 0.646. The van der Waals surface area contributed by atoms with Gasteiger partial charge in [0.15, 0.2) is 0 Å². The summed E-state index contributed by atoms with van der Waals surface area (Å²) in [7, 11) is -3.59. The van der Waals surface area contributed by atoms with Gasteiger partial charge in [0, 0.05) is 25.2 Å². The number of amides is 2. The Kier molecular flexibility index (Phi) is 6.68. The number of sulfonamides is 1. The first kappa shape index (κ1) is 19.1. The van der Waals surface area contributed by atoms with Crippen LogP contribution in [0.2, 0.25) is 0 Å². The molecule has 9 heteroatoms. The minimum Gasteiger partial charge on any atom is -0.379 e. The number of hydrogen-bond donors (Lipinski definition) is 2. The molecule has 1 aliphatic heterocycles. The minimum absolute atomic E-state index is 0.120. The van der Waals surface area contributed by atoms with Gasteiger partial charge in [0.1, 0.15) is 0 Å². The van der Waals surface area contributed by atoms with Gasteiger partial charge < -0.3 is 15.4 Å². The Labute approximate surface area is 146 Å². The third kappa shape index (κ3) is 5.12. The van der Waals surface area contributed by atoms with E-state index in [4.69, 9.17) is 4.74 Å². The molecule has 2 amide bonds. The van der Waals surface area contributed by atoms with Crippen LogP contribution in [0.3, 0.4) is 0 Å². The second kappa shape index (κ2) is 8.75. The molecule has 2 rings (SSSR count). The van der Waals surface area contributed by atoms with Gasteiger partial charge in [-0.15, -0.1) is 6.58 Å². The average molecular weight is 367 g/mol. The smallest absolute Gasteiger partial charge is 0.251 e. The maximum atomic E-state index is 12.5. The second-order valence-electron chi connectivity index (χ2n) is 5.32. The Hall–Kier alpha value is -2.23. The third-order valence-electron chi connectivity index (χ3n) is 3.58. The molecule has 0 atom stereocenters. The molecule has 1 aromatic carbocycles. The van der Waals surface area contributed by atoms with Crippen molar-refractivity contribution in [3.63, 3.8) is 0 Å². The molecule has 1 aromatic rings. The van der Waals surface area contributed by atoms with Crippen LogP contribution in [0, 0.1) is 0 Å². The van der Waals surface area contributed by atoms with Gasteiger partial charge >= 0.3 is 0 Å². The van der Waals surface area contributed by atoms with Crippen molar-refractivity contribution in [1.29, 1.82) is 0 Å². The number of ether oxygens (including phenoxy) is 1. The fraction of sp³-hybridized carbons (Fsp3) is 0.375. The highest BCUT2D eigenvalue weighted by molar-refractivity contribution is 7.89. The molecule has 0 radical (unpaired) electrons. The van der Waals surface area contributed by atoms with Crippen molar-refractivity contribution < 1.29 is 22.7 Å². The number of hydrogen-bond acceptors (Lipinski definition) is 5. The molecule has 1 aliphatic rings. The van der Waals surface area contributed by atoms with Gasteiger partial charge in [-0.25, -0.2) is 8.42 Å². The Morgan fingerprint density at radius 1 is 1.16 bits per heavy atom. The number of carbonyl (C=O) groups excluding carboxylic acids is 2. The molecule has 136 valence electrons. The number of benzene rings is 1. The largest absolute Gasteiger partial charge is 0.379 e. The van der Waals surface area contributed by atoms with E-state index in [1.807, 2.05) is 0 Å². The highest BCUT2D eigenvalue weighted by atomic mass is 32.2. The molecule has 1 heterocycles. The number of nitrogens with zero attached hydrogens (tertiary/aromatic N) is 1. The summed E-state index contributed by atoms with van der Waals surface area (Å²) >= 11 is 0. The van der Waals surface area contributed by atoms with Gasteiger partial charge in [-0.2, -0.15) is 4.31 Å². The van der Waals surface area contributed by atoms with Crippen LogP contribution in [0.1, 0.15) is 10.4 Å². The number of carbonyl (C=O) groups is 2. The van der Waals surface area contributed by atoms with E-state index >= 15 is 0 Å². The van der Waals surface area contributed by atoms with Crippen LogP contribution in [0.4, 0.5) is 0 Å². The van der Waals surface area contributed by atoms with E-state index in [1.165, 1.54) is 34.6 Å². The van der Waals surface area contributed by atoms with Crippen molar-refractivity contribution in [2.24, 2.45) is 0 Å². The molecule has 0 spiro atoms. The lowest BCUT2D eigenvalue weighted by molar-refractivity contribution is -0.119. The first-order valence-corrected chi connectivity index (χ1v) is 9.23. The highest BCUT2D eigenvalue weighted by Gasteiger charge is 2.26. The number of rotatable bonds is 7. The zero-order valence-corrected chi connectivity index (χ0v) is 14.5. The molecular formula is C16H21N3O5S. The standard InChI is InChI=1S/C16H21N3O5S/c1-2-7-17-15(20)12-18-16(21)13-3-5-14(6-4-13)25(22,23)19-8-10-24-11-9-19/h2-6H,1,7-12H2,(H,17,20)(H,18,21). The Morgan fingerprint density at radius 3 is 2.40 bits per heavy atom. The lowest BCUT2D eigenvalue weighted by atomic mass is 10.2. The van der Waals surface area contributed by atoms with Crippen LogP contribution in [-0.2, 0) is 19.6 Å². The molecular weight excluding hydrogens is 346 g/mol. The summed E-state index contributed by atoms with van der Waals surface area (Å²) in [5.74, 6) is -0.788. The zero-order chi connectivity index (χ0) is 18.3. The molecule has 1 fully saturated rings. The van der Waals surface area contributed by atoms with Gasteiger partial charge in [-0.05, 0) is 24.3 Å². The van der Waals surface area contributed by atoms with Crippen molar-refractivity contribution in [2.75, 3.05) is 39.4 Å². The van der Waals surface area contributed by atoms with E-state index in [0.29, 0.717) is 32.8 Å². The minimum atomic E-state index is -3.59. The molecule has 25 heavy (non-hydrogen) atoms. The van der Waals surface area contributed by atoms with Gasteiger partial charge in [-0.1, -0.05) is 6.08 Å². The Balaban J connectivity index is 1.97. The van der Waals surface area contributed by atoms with Crippen LogP contribution >= 0.6 is 0 Å². The summed E-state index contributed by atoms with van der Waals surface area (Å²) in [5, 5.41) is 5.01. The first-order valence-electron chi connectivity index (χ1n) is 7.79. The van der Waals surface area contributed by atoms with Crippen LogP contribution in [0.5, 0.6) is 0 Å². The van der Waals surface area contributed by atoms with E-state index in [1.54, 1.807) is 0 Å². The summed E-state index contributed by atoms with van der Waals surface area (Å²) in [5.41, 5.74) is 0.275. The van der Waals surface area contributed by atoms with Crippen molar-refractivity contribution in [3.05, 3.63) is 42.5 Å². The molecule has 2 N–H and O–H groups in total. The number of nitrogens with one attached hydrogen (secondary N) is 2. The second-order valence-corrected chi connectivity index (χ2v) is 7.25. The van der Waals surface area contributed by atoms with Crippen LogP contribution in [-0.4, -0.2) is 63.9 Å². The Morgan fingerprint density at radius 2 is 1.80 bits per heavy atom. The lowest BCUT2D eigenvalue weighted by Crippen LogP contribution is -2.40.